The molecule has 48 heavy (non-hydrogen) atoms. The molecule has 0 spiro atoms. The fraction of sp³-hybridized carbons (Fsp3) is 0.474. The molecule has 3 saturated heterocycles. The average Bonchev–Trinajstić information content (AvgIpc) is 3.93. The third-order valence-electron chi connectivity index (χ3n) is 9.32. The van der Waals surface area contributed by atoms with Gasteiger partial charge in [0.1, 0.15) is 17.2 Å². The minimum Gasteiger partial charge on any atom is -0.489 e. The van der Waals surface area contributed by atoms with Crippen molar-refractivity contribution < 1.29 is 17.9 Å². The van der Waals surface area contributed by atoms with Gasteiger partial charge < -0.3 is 20.1 Å². The molecule has 9 nitrogen and oxygen atoms in total. The van der Waals surface area contributed by atoms with Crippen molar-refractivity contribution >= 4 is 22.2 Å². The number of rotatable bonds is 10. The molecule has 1 aromatic carbocycles. The molecule has 5 heterocycles. The Morgan fingerprint density at radius 2 is 1.25 bits per heavy atom. The molecule has 2 aromatic heterocycles. The smallest absolute Gasteiger partial charge is 0.243 e. The summed E-state index contributed by atoms with van der Waals surface area (Å²) in [5.74, 6) is 2.12. The second-order valence-corrected chi connectivity index (χ2v) is 15.0. The number of aromatic nitrogens is 2. The van der Waals surface area contributed by atoms with Crippen LogP contribution in [0, 0.1) is 0 Å². The summed E-state index contributed by atoms with van der Waals surface area (Å²) in [6.07, 6.45) is 29.2. The molecule has 0 amide bonds. The molecule has 1 saturated carbocycles. The summed E-state index contributed by atoms with van der Waals surface area (Å²) in [5.41, 5.74) is 2.10. The fourth-order valence-electron chi connectivity index (χ4n) is 6.65. The van der Waals surface area contributed by atoms with Crippen LogP contribution in [0.4, 0.5) is 0 Å². The largest absolute Gasteiger partial charge is 0.489 e. The lowest BCUT2D eigenvalue weighted by molar-refractivity contribution is 0.154. The van der Waals surface area contributed by atoms with Crippen LogP contribution in [0.15, 0.2) is 78.2 Å². The van der Waals surface area contributed by atoms with E-state index in [1.807, 2.05) is 18.5 Å². The molecule has 256 valence electrons. The van der Waals surface area contributed by atoms with Crippen LogP contribution in [-0.2, 0) is 10.0 Å². The summed E-state index contributed by atoms with van der Waals surface area (Å²) in [6.45, 7) is 3.41. The Morgan fingerprint density at radius 3 is 1.83 bits per heavy atom. The summed E-state index contributed by atoms with van der Waals surface area (Å²) in [6, 6.07) is 11.6. The molecule has 4 aliphatic rings. The van der Waals surface area contributed by atoms with Gasteiger partial charge in [0.15, 0.2) is 0 Å². The third kappa shape index (κ3) is 9.98. The minimum absolute atomic E-state index is 0.306. The molecule has 7 rings (SSSR count). The number of nitrogens with one attached hydrogen (secondary N) is 2. The zero-order valence-corrected chi connectivity index (χ0v) is 28.6. The first-order valence-corrected chi connectivity index (χ1v) is 19.1. The van der Waals surface area contributed by atoms with E-state index in [1.54, 1.807) is 41.0 Å². The maximum absolute atomic E-state index is 12.6. The maximum Gasteiger partial charge on any atom is 0.243 e. The highest BCUT2D eigenvalue weighted by Gasteiger charge is 2.27. The summed E-state index contributed by atoms with van der Waals surface area (Å²) < 4.78 is 38.6. The van der Waals surface area contributed by atoms with E-state index in [1.165, 1.54) is 51.4 Å². The Bertz CT molecular complexity index is 1600. The molecule has 4 fully saturated rings. The van der Waals surface area contributed by atoms with E-state index >= 15 is 0 Å². The van der Waals surface area contributed by atoms with Crippen LogP contribution in [0.2, 0.25) is 0 Å². The van der Waals surface area contributed by atoms with Crippen LogP contribution < -0.4 is 20.1 Å². The molecule has 0 unspecified atom stereocenters. The molecule has 10 heteroatoms. The lowest BCUT2D eigenvalue weighted by atomic mass is 9.98. The Balaban J connectivity index is 0.000000177. The maximum atomic E-state index is 12.6. The van der Waals surface area contributed by atoms with E-state index in [-0.39, 0.29) is 0 Å². The van der Waals surface area contributed by atoms with Gasteiger partial charge in [-0.15, -0.1) is 0 Å². The zero-order valence-electron chi connectivity index (χ0n) is 27.8. The van der Waals surface area contributed by atoms with Crippen LogP contribution in [0.5, 0.6) is 17.2 Å². The summed E-state index contributed by atoms with van der Waals surface area (Å²) >= 11 is 0. The fourth-order valence-corrected chi connectivity index (χ4v) is 8.17. The number of sulfonamides is 1. The van der Waals surface area contributed by atoms with Crippen LogP contribution in [0.1, 0.15) is 81.8 Å². The Labute approximate surface area is 285 Å². The predicted molar refractivity (Wildman–Crippen MR) is 191 cm³/mol. The number of nitrogens with zero attached hydrogens (tertiary/aromatic N) is 3. The monoisotopic (exact) mass is 671 g/mol. The van der Waals surface area contributed by atoms with E-state index in [0.717, 1.165) is 49.2 Å². The van der Waals surface area contributed by atoms with Gasteiger partial charge in [0.2, 0.25) is 10.0 Å². The summed E-state index contributed by atoms with van der Waals surface area (Å²) in [4.78, 5) is 8.84. The SMILES string of the molecule is C(=C[C@H]1CCCN1)c1cncc(OC2CCCCC2)c1.O=S(=O)(c1ccc(Oc2cncc(C=C[C@@H]3CCCN3)c2)cc1)N1CCCC1. The first-order chi connectivity index (χ1) is 23.5. The van der Waals surface area contributed by atoms with Crippen molar-refractivity contribution in [2.75, 3.05) is 26.2 Å². The molecule has 1 aliphatic carbocycles. The number of benzene rings is 1. The first kappa shape index (κ1) is 34.3. The van der Waals surface area contributed by atoms with E-state index in [0.29, 0.717) is 47.7 Å². The van der Waals surface area contributed by atoms with Gasteiger partial charge in [-0.1, -0.05) is 30.7 Å². The van der Waals surface area contributed by atoms with E-state index in [4.69, 9.17) is 9.47 Å². The van der Waals surface area contributed by atoms with Crippen molar-refractivity contribution in [3.8, 4) is 17.2 Å². The predicted octanol–water partition coefficient (Wildman–Crippen LogP) is 6.98. The van der Waals surface area contributed by atoms with Gasteiger partial charge >= 0.3 is 0 Å². The zero-order chi connectivity index (χ0) is 33.0. The Kier molecular flexibility index (Phi) is 12.3. The van der Waals surface area contributed by atoms with Crippen molar-refractivity contribution in [3.05, 3.63) is 84.5 Å². The number of hydrogen-bond acceptors (Lipinski definition) is 8. The lowest BCUT2D eigenvalue weighted by Crippen LogP contribution is -2.27. The molecule has 3 aromatic rings. The second-order valence-electron chi connectivity index (χ2n) is 13.1. The highest BCUT2D eigenvalue weighted by Crippen LogP contribution is 2.27. The van der Waals surface area contributed by atoms with Gasteiger partial charge in [-0.3, -0.25) is 9.97 Å². The summed E-state index contributed by atoms with van der Waals surface area (Å²) in [5, 5.41) is 6.90. The highest BCUT2D eigenvalue weighted by molar-refractivity contribution is 7.89. The van der Waals surface area contributed by atoms with Gasteiger partial charge in [-0.05, 0) is 125 Å². The topological polar surface area (TPSA) is 106 Å². The first-order valence-electron chi connectivity index (χ1n) is 17.7. The van der Waals surface area contributed by atoms with Crippen molar-refractivity contribution in [2.45, 2.75) is 93.7 Å². The number of ether oxygens (including phenoxy) is 2. The van der Waals surface area contributed by atoms with Gasteiger partial charge in [-0.2, -0.15) is 4.31 Å². The van der Waals surface area contributed by atoms with Crippen LogP contribution >= 0.6 is 0 Å². The normalized spacial score (nSPS) is 22.2. The Hall–Kier alpha value is -3.57. The van der Waals surface area contributed by atoms with Crippen molar-refractivity contribution in [2.24, 2.45) is 0 Å². The standard InChI is InChI=1S/C21H25N3O3S.C17H24N2O/c25-28(26,24-12-1-2-13-24)21-9-7-19(8-10-21)27-20-14-17(15-22-16-20)5-6-18-4-3-11-23-18;1-2-6-16(7-3-1)20-17-11-14(12-18-13-17)8-9-15-5-4-10-19-15/h5-10,14-16,18,23H,1-4,11-13H2;8-9,11-13,15-16,19H,1-7,10H2/t18-;15-/m01/s1. The van der Waals surface area contributed by atoms with Crippen LogP contribution in [0.25, 0.3) is 12.2 Å². The van der Waals surface area contributed by atoms with Gasteiger partial charge in [-0.25, -0.2) is 8.42 Å². The summed E-state index contributed by atoms with van der Waals surface area (Å²) in [7, 11) is -3.40. The molecular formula is C38H49N5O4S. The van der Waals surface area contributed by atoms with Gasteiger partial charge in [0.05, 0.1) is 23.4 Å². The molecule has 0 radical (unpaired) electrons. The lowest BCUT2D eigenvalue weighted by Gasteiger charge is -2.22. The van der Waals surface area contributed by atoms with E-state index < -0.39 is 10.0 Å². The van der Waals surface area contributed by atoms with Crippen molar-refractivity contribution in [1.29, 1.82) is 0 Å². The number of hydrogen-bond donors (Lipinski definition) is 2. The molecule has 2 atom stereocenters. The van der Waals surface area contributed by atoms with E-state index in [2.05, 4.69) is 51.0 Å². The van der Waals surface area contributed by atoms with Crippen LogP contribution in [-0.4, -0.2) is 67.1 Å². The number of pyridine rings is 2. The molecular weight excluding hydrogens is 623 g/mol. The molecule has 0 bridgehead atoms. The average molecular weight is 672 g/mol. The quantitative estimate of drug-likeness (QED) is 0.238. The Morgan fingerprint density at radius 1 is 0.667 bits per heavy atom. The van der Waals surface area contributed by atoms with Gasteiger partial charge in [0.25, 0.3) is 0 Å². The van der Waals surface area contributed by atoms with Crippen molar-refractivity contribution in [1.82, 2.24) is 24.9 Å². The third-order valence-corrected chi connectivity index (χ3v) is 11.2. The highest BCUT2D eigenvalue weighted by atomic mass is 32.2. The second kappa shape index (κ2) is 17.2. The van der Waals surface area contributed by atoms with Crippen molar-refractivity contribution in [3.63, 3.8) is 0 Å². The molecule has 3 aliphatic heterocycles. The van der Waals surface area contributed by atoms with Crippen LogP contribution in [0.3, 0.4) is 0 Å². The molecule has 2 N–H and O–H groups in total. The van der Waals surface area contributed by atoms with Gasteiger partial charge in [0, 0.05) is 37.6 Å². The van der Waals surface area contributed by atoms with E-state index in [9.17, 15) is 8.42 Å². The minimum atomic E-state index is -3.40.